The Morgan fingerprint density at radius 1 is 0.970 bits per heavy atom. The van der Waals surface area contributed by atoms with Crippen molar-refractivity contribution in [3.05, 3.63) is 78.4 Å². The number of hydrogen-bond acceptors (Lipinski definition) is 5. The zero-order valence-corrected chi connectivity index (χ0v) is 19.1. The van der Waals surface area contributed by atoms with Gasteiger partial charge in [-0.2, -0.15) is 0 Å². The van der Waals surface area contributed by atoms with Gasteiger partial charge in [0.05, 0.1) is 10.6 Å². The molecule has 0 bridgehead atoms. The summed E-state index contributed by atoms with van der Waals surface area (Å²) in [4.78, 5) is 27.1. The lowest BCUT2D eigenvalue weighted by Gasteiger charge is -2.33. The monoisotopic (exact) mass is 465 g/mol. The normalized spacial score (nSPS) is 16.5. The highest BCUT2D eigenvalue weighted by Gasteiger charge is 2.28. The minimum Gasteiger partial charge on any atom is -0.351 e. The summed E-state index contributed by atoms with van der Waals surface area (Å²) in [6.07, 6.45) is -0.108. The molecule has 2 N–H and O–H groups in total. The Balaban J connectivity index is 1.29. The number of nitrogens with one attached hydrogen (secondary N) is 2. The van der Waals surface area contributed by atoms with Crippen molar-refractivity contribution in [2.75, 3.05) is 25.4 Å². The predicted octanol–water partition coefficient (Wildman–Crippen LogP) is 2.12. The third kappa shape index (κ3) is 5.77. The van der Waals surface area contributed by atoms with Crippen molar-refractivity contribution in [1.29, 1.82) is 0 Å². The first-order chi connectivity index (χ1) is 15.9. The maximum Gasteiger partial charge on any atom is 0.239 e. The number of nitrogens with zero attached hydrogens (tertiary/aromatic N) is 1. The second-order valence-corrected chi connectivity index (χ2v) is 10.2. The van der Waals surface area contributed by atoms with Gasteiger partial charge in [-0.15, -0.1) is 0 Å². The van der Waals surface area contributed by atoms with E-state index in [2.05, 4.69) is 10.6 Å². The molecule has 33 heavy (non-hydrogen) atoms. The maximum absolute atomic E-state index is 12.7. The third-order valence-corrected chi connectivity index (χ3v) is 7.54. The molecule has 0 aromatic heterocycles. The highest BCUT2D eigenvalue weighted by molar-refractivity contribution is 7.91. The van der Waals surface area contributed by atoms with Crippen LogP contribution in [0.25, 0.3) is 10.8 Å². The first-order valence-corrected chi connectivity index (χ1v) is 12.6. The molecule has 1 aliphatic heterocycles. The van der Waals surface area contributed by atoms with Crippen LogP contribution in [0.15, 0.2) is 77.7 Å². The molecule has 1 saturated heterocycles. The van der Waals surface area contributed by atoms with Gasteiger partial charge in [0, 0.05) is 32.6 Å². The van der Waals surface area contributed by atoms with Gasteiger partial charge in [-0.3, -0.25) is 9.59 Å². The molecule has 7 nitrogen and oxygen atoms in total. The first kappa shape index (κ1) is 22.9. The molecule has 3 aromatic carbocycles. The van der Waals surface area contributed by atoms with E-state index in [-0.39, 0.29) is 35.4 Å². The minimum absolute atomic E-state index is 0.108. The van der Waals surface area contributed by atoms with E-state index in [1.807, 2.05) is 42.5 Å². The lowest BCUT2D eigenvalue weighted by atomic mass is 10.1. The van der Waals surface area contributed by atoms with Crippen molar-refractivity contribution >= 4 is 32.4 Å². The van der Waals surface area contributed by atoms with E-state index in [4.69, 9.17) is 0 Å². The first-order valence-electron chi connectivity index (χ1n) is 11.0. The number of piperazine rings is 1. The maximum atomic E-state index is 12.7. The number of amides is 2. The number of carbonyl (C=O) groups is 2. The van der Waals surface area contributed by atoms with E-state index in [1.165, 1.54) is 12.1 Å². The smallest absolute Gasteiger partial charge is 0.239 e. The molecule has 172 valence electrons. The molecule has 3 aromatic rings. The number of rotatable bonds is 7. The molecule has 1 aliphatic rings. The topological polar surface area (TPSA) is 95.6 Å². The molecular formula is C25H27N3O4S. The van der Waals surface area contributed by atoms with Crippen LogP contribution in [0.3, 0.4) is 0 Å². The lowest BCUT2D eigenvalue weighted by molar-refractivity contribution is -0.133. The summed E-state index contributed by atoms with van der Waals surface area (Å²) >= 11 is 0. The number of fused-ring (bicyclic) bond motifs is 1. The van der Waals surface area contributed by atoms with Gasteiger partial charge in [0.1, 0.15) is 6.04 Å². The van der Waals surface area contributed by atoms with E-state index in [9.17, 15) is 18.0 Å². The number of sulfone groups is 1. The fourth-order valence-corrected chi connectivity index (χ4v) is 5.19. The third-order valence-electron chi connectivity index (χ3n) is 5.81. The Kier molecular flexibility index (Phi) is 7.05. The average molecular weight is 466 g/mol. The molecule has 0 radical (unpaired) electrons. The van der Waals surface area contributed by atoms with Crippen LogP contribution in [0.2, 0.25) is 0 Å². The molecule has 4 rings (SSSR count). The van der Waals surface area contributed by atoms with Gasteiger partial charge in [0.25, 0.3) is 0 Å². The quantitative estimate of drug-likeness (QED) is 0.557. The summed E-state index contributed by atoms with van der Waals surface area (Å²) in [6, 6.07) is 21.7. The van der Waals surface area contributed by atoms with Gasteiger partial charge in [0.15, 0.2) is 9.84 Å². The van der Waals surface area contributed by atoms with E-state index in [1.54, 1.807) is 23.1 Å². The van der Waals surface area contributed by atoms with Gasteiger partial charge in [0.2, 0.25) is 11.8 Å². The largest absolute Gasteiger partial charge is 0.351 e. The molecule has 1 atom stereocenters. The van der Waals surface area contributed by atoms with Gasteiger partial charge < -0.3 is 15.5 Å². The molecule has 0 spiro atoms. The zero-order valence-electron chi connectivity index (χ0n) is 18.2. The summed E-state index contributed by atoms with van der Waals surface area (Å²) in [7, 11) is -3.52. The van der Waals surface area contributed by atoms with Crippen LogP contribution < -0.4 is 10.6 Å². The van der Waals surface area contributed by atoms with Crippen LogP contribution in [-0.2, 0) is 26.0 Å². The Morgan fingerprint density at radius 2 is 1.70 bits per heavy atom. The summed E-state index contributed by atoms with van der Waals surface area (Å²) in [5, 5.41) is 8.34. The van der Waals surface area contributed by atoms with Gasteiger partial charge in [-0.05, 0) is 34.5 Å². The number of benzene rings is 3. The molecule has 0 saturated carbocycles. The summed E-state index contributed by atoms with van der Waals surface area (Å²) in [5.74, 6) is -0.695. The van der Waals surface area contributed by atoms with Crippen molar-refractivity contribution in [1.82, 2.24) is 15.5 Å². The van der Waals surface area contributed by atoms with Crippen molar-refractivity contribution in [3.8, 4) is 0 Å². The molecule has 1 heterocycles. The molecule has 2 amide bonds. The molecule has 1 fully saturated rings. The van der Waals surface area contributed by atoms with E-state index >= 15 is 0 Å². The molecular weight excluding hydrogens is 438 g/mol. The Morgan fingerprint density at radius 3 is 2.48 bits per heavy atom. The molecule has 0 aliphatic carbocycles. The fraction of sp³-hybridized carbons (Fsp3) is 0.280. The average Bonchev–Trinajstić information content (AvgIpc) is 2.86. The van der Waals surface area contributed by atoms with Gasteiger partial charge in [-0.25, -0.2) is 8.42 Å². The standard InChI is InChI=1S/C25H27N3O4S/c29-24(12-15-33(31,32)22-8-2-1-3-9-22)28-14-13-26-23(18-28)25(30)27-17-19-10-11-20-6-4-5-7-21(20)16-19/h1-11,16,23,26H,12-15,17-18H2,(H,27,30). The molecule has 8 heteroatoms. The van der Waals surface area contributed by atoms with E-state index in [0.29, 0.717) is 19.6 Å². The van der Waals surface area contributed by atoms with Crippen LogP contribution in [0.5, 0.6) is 0 Å². The van der Waals surface area contributed by atoms with Crippen LogP contribution in [0.4, 0.5) is 0 Å². The number of hydrogen-bond donors (Lipinski definition) is 2. The highest BCUT2D eigenvalue weighted by atomic mass is 32.2. The SMILES string of the molecule is O=C(NCc1ccc2ccccc2c1)C1CN(C(=O)CCS(=O)(=O)c2ccccc2)CCN1. The summed E-state index contributed by atoms with van der Waals surface area (Å²) in [5.41, 5.74) is 0.997. The van der Waals surface area contributed by atoms with Crippen LogP contribution in [0, 0.1) is 0 Å². The molecule has 1 unspecified atom stereocenters. The van der Waals surface area contributed by atoms with Crippen molar-refractivity contribution < 1.29 is 18.0 Å². The second kappa shape index (κ2) is 10.1. The Bertz CT molecular complexity index is 1240. The van der Waals surface area contributed by atoms with Crippen molar-refractivity contribution in [3.63, 3.8) is 0 Å². The summed E-state index contributed by atoms with van der Waals surface area (Å²) < 4.78 is 24.9. The highest BCUT2D eigenvalue weighted by Crippen LogP contribution is 2.16. The van der Waals surface area contributed by atoms with Crippen molar-refractivity contribution in [2.24, 2.45) is 0 Å². The van der Waals surface area contributed by atoms with Gasteiger partial charge >= 0.3 is 0 Å². The predicted molar refractivity (Wildman–Crippen MR) is 127 cm³/mol. The second-order valence-electron chi connectivity index (χ2n) is 8.13. The van der Waals surface area contributed by atoms with Crippen LogP contribution >= 0.6 is 0 Å². The minimum atomic E-state index is -3.52. The fourth-order valence-electron chi connectivity index (χ4n) is 3.94. The van der Waals surface area contributed by atoms with E-state index in [0.717, 1.165) is 16.3 Å². The van der Waals surface area contributed by atoms with E-state index < -0.39 is 15.9 Å². The Hall–Kier alpha value is -3.23. The summed E-state index contributed by atoms with van der Waals surface area (Å²) in [6.45, 7) is 1.53. The zero-order chi connectivity index (χ0) is 23.3. The van der Waals surface area contributed by atoms with Crippen LogP contribution in [-0.4, -0.2) is 56.6 Å². The van der Waals surface area contributed by atoms with Crippen LogP contribution in [0.1, 0.15) is 12.0 Å². The number of carbonyl (C=O) groups excluding carboxylic acids is 2. The van der Waals surface area contributed by atoms with Gasteiger partial charge in [-0.1, -0.05) is 54.6 Å². The Labute approximate surface area is 193 Å². The van der Waals surface area contributed by atoms with Crippen molar-refractivity contribution in [2.45, 2.75) is 23.9 Å². The lowest BCUT2D eigenvalue weighted by Crippen LogP contribution is -2.58.